The first-order chi connectivity index (χ1) is 7.27. The van der Waals surface area contributed by atoms with E-state index in [-0.39, 0.29) is 11.7 Å². The topological polar surface area (TPSA) is 88.5 Å². The Bertz CT molecular complexity index is 445. The smallest absolute Gasteiger partial charge is 0.288 e. The van der Waals surface area contributed by atoms with Crippen molar-refractivity contribution in [1.29, 1.82) is 0 Å². The fraction of sp³-hybridized carbons (Fsp3) is 0.250. The Morgan fingerprint density at radius 2 is 2.53 bits per heavy atom. The highest BCUT2D eigenvalue weighted by Gasteiger charge is 2.08. The van der Waals surface area contributed by atoms with Crippen molar-refractivity contribution in [3.63, 3.8) is 0 Å². The second-order valence-electron chi connectivity index (χ2n) is 2.96. The Labute approximate surface area is 85.5 Å². The molecule has 78 valence electrons. The fourth-order valence-corrected chi connectivity index (χ4v) is 1.14. The van der Waals surface area contributed by atoms with Gasteiger partial charge in [0.2, 0.25) is 5.82 Å². The third-order valence-corrected chi connectivity index (χ3v) is 1.98. The van der Waals surface area contributed by atoms with Gasteiger partial charge in [0.25, 0.3) is 5.91 Å². The number of hydrogen-bond donors (Lipinski definition) is 2. The predicted octanol–water partition coefficient (Wildman–Crippen LogP) is -0.532. The maximum atomic E-state index is 11.4. The van der Waals surface area contributed by atoms with E-state index in [1.54, 1.807) is 10.9 Å². The molecule has 0 atom stereocenters. The molecule has 2 aromatic heterocycles. The number of hydrogen-bond acceptors (Lipinski definition) is 4. The van der Waals surface area contributed by atoms with E-state index in [1.807, 2.05) is 13.1 Å². The molecule has 15 heavy (non-hydrogen) atoms. The first-order valence-corrected chi connectivity index (χ1v) is 4.38. The van der Waals surface area contributed by atoms with Crippen molar-refractivity contribution in [2.45, 2.75) is 6.54 Å². The minimum atomic E-state index is -0.284. The highest BCUT2D eigenvalue weighted by atomic mass is 16.2. The van der Waals surface area contributed by atoms with Crippen molar-refractivity contribution < 1.29 is 4.79 Å². The summed E-state index contributed by atoms with van der Waals surface area (Å²) < 4.78 is 1.70. The predicted molar refractivity (Wildman–Crippen MR) is 50.8 cm³/mol. The number of aromatic amines is 1. The van der Waals surface area contributed by atoms with Crippen LogP contribution in [0.15, 0.2) is 18.6 Å². The number of H-pyrrole nitrogens is 1. The second kappa shape index (κ2) is 3.91. The summed E-state index contributed by atoms with van der Waals surface area (Å²) in [5.74, 6) is -0.0779. The number of carbonyl (C=O) groups is 1. The standard InChI is InChI=1S/C8H10N6O/c1-14-6(2-3-12-14)4-9-8(15)7-10-5-11-13-7/h2-3,5H,4H2,1H3,(H,9,15)(H,10,11,13). The molecule has 7 heteroatoms. The van der Waals surface area contributed by atoms with Gasteiger partial charge in [-0.15, -0.1) is 0 Å². The molecular formula is C8H10N6O. The van der Waals surface area contributed by atoms with Crippen LogP contribution in [0.5, 0.6) is 0 Å². The van der Waals surface area contributed by atoms with E-state index in [2.05, 4.69) is 25.6 Å². The van der Waals surface area contributed by atoms with Gasteiger partial charge >= 0.3 is 0 Å². The third-order valence-electron chi connectivity index (χ3n) is 1.98. The Kier molecular flexibility index (Phi) is 2.44. The van der Waals surface area contributed by atoms with Gasteiger partial charge < -0.3 is 5.32 Å². The average Bonchev–Trinajstić information content (AvgIpc) is 2.85. The maximum absolute atomic E-state index is 11.4. The van der Waals surface area contributed by atoms with Crippen LogP contribution in [0.25, 0.3) is 0 Å². The van der Waals surface area contributed by atoms with E-state index in [9.17, 15) is 4.79 Å². The van der Waals surface area contributed by atoms with Crippen LogP contribution in [0.4, 0.5) is 0 Å². The fourth-order valence-electron chi connectivity index (χ4n) is 1.14. The summed E-state index contributed by atoms with van der Waals surface area (Å²) in [7, 11) is 1.82. The number of aryl methyl sites for hydroxylation is 1. The van der Waals surface area contributed by atoms with Crippen LogP contribution in [0.2, 0.25) is 0 Å². The van der Waals surface area contributed by atoms with Gasteiger partial charge in [-0.05, 0) is 6.07 Å². The number of aromatic nitrogens is 5. The molecule has 0 aliphatic heterocycles. The first-order valence-electron chi connectivity index (χ1n) is 4.38. The molecule has 2 rings (SSSR count). The van der Waals surface area contributed by atoms with E-state index in [0.29, 0.717) is 6.54 Å². The lowest BCUT2D eigenvalue weighted by Gasteiger charge is -2.02. The van der Waals surface area contributed by atoms with Crippen LogP contribution >= 0.6 is 0 Å². The van der Waals surface area contributed by atoms with Crippen molar-refractivity contribution in [3.8, 4) is 0 Å². The molecule has 2 aromatic rings. The van der Waals surface area contributed by atoms with Gasteiger partial charge in [-0.1, -0.05) is 0 Å². The lowest BCUT2D eigenvalue weighted by Crippen LogP contribution is -2.25. The molecule has 0 aliphatic rings. The van der Waals surface area contributed by atoms with E-state index in [4.69, 9.17) is 0 Å². The average molecular weight is 206 g/mol. The van der Waals surface area contributed by atoms with Gasteiger partial charge in [0.15, 0.2) is 0 Å². The van der Waals surface area contributed by atoms with Gasteiger partial charge in [-0.3, -0.25) is 14.6 Å². The van der Waals surface area contributed by atoms with E-state index in [0.717, 1.165) is 5.69 Å². The third kappa shape index (κ3) is 2.01. The van der Waals surface area contributed by atoms with Gasteiger partial charge in [-0.25, -0.2) is 4.98 Å². The monoisotopic (exact) mass is 206 g/mol. The summed E-state index contributed by atoms with van der Waals surface area (Å²) in [6.45, 7) is 0.413. The number of rotatable bonds is 3. The number of amides is 1. The molecule has 0 bridgehead atoms. The first kappa shape index (κ1) is 9.38. The van der Waals surface area contributed by atoms with Crippen molar-refractivity contribution in [3.05, 3.63) is 30.1 Å². The summed E-state index contributed by atoms with van der Waals surface area (Å²) in [5.41, 5.74) is 0.919. The van der Waals surface area contributed by atoms with Crippen LogP contribution in [0.1, 0.15) is 16.3 Å². The van der Waals surface area contributed by atoms with Gasteiger partial charge in [-0.2, -0.15) is 10.2 Å². The van der Waals surface area contributed by atoms with E-state index < -0.39 is 0 Å². The van der Waals surface area contributed by atoms with Crippen molar-refractivity contribution in [1.82, 2.24) is 30.3 Å². The molecule has 0 aromatic carbocycles. The molecular weight excluding hydrogens is 196 g/mol. The number of carbonyl (C=O) groups excluding carboxylic acids is 1. The van der Waals surface area contributed by atoms with Crippen LogP contribution in [0, 0.1) is 0 Å². The molecule has 0 radical (unpaired) electrons. The highest BCUT2D eigenvalue weighted by Crippen LogP contribution is 1.95. The van der Waals surface area contributed by atoms with Crippen molar-refractivity contribution in [2.24, 2.45) is 7.05 Å². The molecule has 0 unspecified atom stereocenters. The summed E-state index contributed by atoms with van der Waals surface area (Å²) in [4.78, 5) is 15.2. The van der Waals surface area contributed by atoms with Crippen molar-refractivity contribution >= 4 is 5.91 Å². The van der Waals surface area contributed by atoms with E-state index >= 15 is 0 Å². The molecule has 7 nitrogen and oxygen atoms in total. The molecule has 2 N–H and O–H groups in total. The summed E-state index contributed by atoms with van der Waals surface area (Å²) in [6, 6.07) is 1.83. The minimum Gasteiger partial charge on any atom is -0.344 e. The lowest BCUT2D eigenvalue weighted by molar-refractivity contribution is 0.0940. The minimum absolute atomic E-state index is 0.206. The highest BCUT2D eigenvalue weighted by molar-refractivity contribution is 5.90. The van der Waals surface area contributed by atoms with Crippen molar-refractivity contribution in [2.75, 3.05) is 0 Å². The molecule has 2 heterocycles. The van der Waals surface area contributed by atoms with Crippen LogP contribution in [0.3, 0.4) is 0 Å². The van der Waals surface area contributed by atoms with Gasteiger partial charge in [0.05, 0.1) is 12.2 Å². The Hall–Kier alpha value is -2.18. The lowest BCUT2D eigenvalue weighted by atomic mass is 10.4. The number of nitrogens with one attached hydrogen (secondary N) is 2. The largest absolute Gasteiger partial charge is 0.344 e. The summed E-state index contributed by atoms with van der Waals surface area (Å²) in [5, 5.41) is 12.8. The van der Waals surface area contributed by atoms with Crippen LogP contribution < -0.4 is 5.32 Å². The molecule has 0 spiro atoms. The molecule has 0 aliphatic carbocycles. The van der Waals surface area contributed by atoms with Crippen LogP contribution in [-0.2, 0) is 13.6 Å². The molecule has 0 fully saturated rings. The Morgan fingerprint density at radius 3 is 3.13 bits per heavy atom. The quantitative estimate of drug-likeness (QED) is 0.706. The SMILES string of the molecule is Cn1nccc1CNC(=O)c1ncn[nH]1. The van der Waals surface area contributed by atoms with Gasteiger partial charge in [0.1, 0.15) is 6.33 Å². The zero-order chi connectivity index (χ0) is 10.7. The zero-order valence-electron chi connectivity index (χ0n) is 8.14. The summed E-state index contributed by atoms with van der Waals surface area (Å²) >= 11 is 0. The van der Waals surface area contributed by atoms with E-state index in [1.165, 1.54) is 6.33 Å². The zero-order valence-corrected chi connectivity index (χ0v) is 8.14. The van der Waals surface area contributed by atoms with Gasteiger partial charge in [0, 0.05) is 13.2 Å². The second-order valence-corrected chi connectivity index (χ2v) is 2.96. The summed E-state index contributed by atoms with van der Waals surface area (Å²) in [6.07, 6.45) is 2.97. The molecule has 1 amide bonds. The Morgan fingerprint density at radius 1 is 1.67 bits per heavy atom. The molecule has 0 saturated carbocycles. The van der Waals surface area contributed by atoms with Crippen LogP contribution in [-0.4, -0.2) is 30.9 Å². The number of nitrogens with zero attached hydrogens (tertiary/aromatic N) is 4. The normalized spacial score (nSPS) is 10.2. The molecule has 0 saturated heterocycles. The Balaban J connectivity index is 1.95. The maximum Gasteiger partial charge on any atom is 0.288 e.